The molecule has 0 spiro atoms. The summed E-state index contributed by atoms with van der Waals surface area (Å²) in [6.07, 6.45) is 1.89. The molecule has 4 heteroatoms. The van der Waals surface area contributed by atoms with Crippen LogP contribution >= 0.6 is 0 Å². The van der Waals surface area contributed by atoms with Crippen LogP contribution in [0.4, 0.5) is 5.69 Å². The summed E-state index contributed by atoms with van der Waals surface area (Å²) >= 11 is 0. The van der Waals surface area contributed by atoms with Gasteiger partial charge in [-0.1, -0.05) is 0 Å². The van der Waals surface area contributed by atoms with Gasteiger partial charge in [0.25, 0.3) is 0 Å². The molecule has 3 rings (SSSR count). The molecule has 0 bridgehead atoms. The van der Waals surface area contributed by atoms with Crippen molar-refractivity contribution in [2.45, 2.75) is 6.92 Å². The quantitative estimate of drug-likeness (QED) is 0.742. The Bertz CT molecular complexity index is 832. The molecular formula is C18H18N2O2. The highest BCUT2D eigenvalue weighted by atomic mass is 16.5. The van der Waals surface area contributed by atoms with Gasteiger partial charge < -0.3 is 14.6 Å². The molecule has 1 heterocycles. The molecule has 0 saturated carbocycles. The molecule has 0 fully saturated rings. The van der Waals surface area contributed by atoms with Gasteiger partial charge in [-0.15, -0.1) is 0 Å². The maximum atomic E-state index is 11.9. The summed E-state index contributed by atoms with van der Waals surface area (Å²) in [5.41, 5.74) is 3.73. The van der Waals surface area contributed by atoms with Crippen LogP contribution in [-0.2, 0) is 0 Å². The first-order chi connectivity index (χ1) is 10.6. The molecule has 0 unspecified atom stereocenters. The van der Waals surface area contributed by atoms with E-state index >= 15 is 0 Å². The monoisotopic (exact) mass is 294 g/mol. The van der Waals surface area contributed by atoms with Gasteiger partial charge in [-0.05, 0) is 43.3 Å². The first kappa shape index (κ1) is 14.2. The number of fused-ring (bicyclic) bond motifs is 1. The standard InChI is InChI=1S/C18H18N2O2/c1-12(21)17-11-20(14-6-4-13(19-2)5-7-14)18-10-15(22-3)8-9-16(17)18/h4-11,19H,1-3H3. The Hall–Kier alpha value is -2.75. The number of aromatic nitrogens is 1. The van der Waals surface area contributed by atoms with Gasteiger partial charge >= 0.3 is 0 Å². The van der Waals surface area contributed by atoms with Gasteiger partial charge in [0.2, 0.25) is 0 Å². The van der Waals surface area contributed by atoms with E-state index < -0.39 is 0 Å². The number of hydrogen-bond donors (Lipinski definition) is 1. The van der Waals surface area contributed by atoms with E-state index in [4.69, 9.17) is 4.74 Å². The van der Waals surface area contributed by atoms with Gasteiger partial charge in [-0.2, -0.15) is 0 Å². The molecule has 0 amide bonds. The van der Waals surface area contributed by atoms with Gasteiger partial charge in [0.1, 0.15) is 5.75 Å². The average molecular weight is 294 g/mol. The summed E-state index contributed by atoms with van der Waals surface area (Å²) in [7, 11) is 3.53. The average Bonchev–Trinajstić information content (AvgIpc) is 2.93. The molecule has 0 aliphatic carbocycles. The zero-order valence-electron chi connectivity index (χ0n) is 12.9. The lowest BCUT2D eigenvalue weighted by Crippen LogP contribution is -1.94. The summed E-state index contributed by atoms with van der Waals surface area (Å²) in [6, 6.07) is 13.8. The largest absolute Gasteiger partial charge is 0.497 e. The third-order valence-electron chi connectivity index (χ3n) is 3.83. The van der Waals surface area contributed by atoms with E-state index in [0.717, 1.165) is 33.6 Å². The van der Waals surface area contributed by atoms with Crippen molar-refractivity contribution in [3.05, 3.63) is 54.2 Å². The molecule has 0 saturated heterocycles. The summed E-state index contributed by atoms with van der Waals surface area (Å²) in [6.45, 7) is 1.59. The molecular weight excluding hydrogens is 276 g/mol. The Kier molecular flexibility index (Phi) is 3.59. The summed E-state index contributed by atoms with van der Waals surface area (Å²) in [4.78, 5) is 11.9. The summed E-state index contributed by atoms with van der Waals surface area (Å²) < 4.78 is 7.33. The molecule has 0 radical (unpaired) electrons. The highest BCUT2D eigenvalue weighted by Gasteiger charge is 2.13. The van der Waals surface area contributed by atoms with Crippen LogP contribution in [0.1, 0.15) is 17.3 Å². The van der Waals surface area contributed by atoms with Crippen LogP contribution in [-0.4, -0.2) is 24.5 Å². The molecule has 112 valence electrons. The predicted octanol–water partition coefficient (Wildman–Crippen LogP) is 3.88. The number of nitrogens with zero attached hydrogens (tertiary/aromatic N) is 1. The van der Waals surface area contributed by atoms with Gasteiger partial charge in [-0.3, -0.25) is 4.79 Å². The van der Waals surface area contributed by atoms with Crippen LogP contribution in [0.3, 0.4) is 0 Å². The van der Waals surface area contributed by atoms with E-state index in [-0.39, 0.29) is 5.78 Å². The van der Waals surface area contributed by atoms with E-state index in [2.05, 4.69) is 5.32 Å². The molecule has 0 aliphatic rings. The number of ketones is 1. The first-order valence-electron chi connectivity index (χ1n) is 7.12. The number of hydrogen-bond acceptors (Lipinski definition) is 3. The fourth-order valence-electron chi connectivity index (χ4n) is 2.62. The number of Topliss-reactive ketones (excluding diaryl/α,β-unsaturated/α-hetero) is 1. The lowest BCUT2D eigenvalue weighted by Gasteiger charge is -2.08. The molecule has 0 aliphatic heterocycles. The minimum absolute atomic E-state index is 0.0563. The predicted molar refractivity (Wildman–Crippen MR) is 89.4 cm³/mol. The van der Waals surface area contributed by atoms with Crippen LogP contribution in [0.15, 0.2) is 48.7 Å². The third-order valence-corrected chi connectivity index (χ3v) is 3.83. The lowest BCUT2D eigenvalue weighted by molar-refractivity contribution is 0.101. The normalized spacial score (nSPS) is 10.7. The number of nitrogens with one attached hydrogen (secondary N) is 1. The van der Waals surface area contributed by atoms with Crippen molar-refractivity contribution in [3.8, 4) is 11.4 Å². The van der Waals surface area contributed by atoms with Crippen molar-refractivity contribution in [2.24, 2.45) is 0 Å². The molecule has 4 nitrogen and oxygen atoms in total. The topological polar surface area (TPSA) is 43.3 Å². The number of ether oxygens (including phenoxy) is 1. The minimum Gasteiger partial charge on any atom is -0.497 e. The number of carbonyl (C=O) groups excluding carboxylic acids is 1. The second-order valence-corrected chi connectivity index (χ2v) is 5.15. The van der Waals surface area contributed by atoms with E-state index in [1.165, 1.54) is 0 Å². The fraction of sp³-hybridized carbons (Fsp3) is 0.167. The Morgan fingerprint density at radius 3 is 2.45 bits per heavy atom. The lowest BCUT2D eigenvalue weighted by atomic mass is 10.1. The Labute approximate surface area is 129 Å². The number of benzene rings is 2. The van der Waals surface area contributed by atoms with Crippen LogP contribution in [0.25, 0.3) is 16.6 Å². The SMILES string of the molecule is CNc1ccc(-n2cc(C(C)=O)c3ccc(OC)cc32)cc1. The zero-order chi connectivity index (χ0) is 15.7. The van der Waals surface area contributed by atoms with E-state index in [1.54, 1.807) is 14.0 Å². The minimum atomic E-state index is 0.0563. The molecule has 1 aromatic heterocycles. The van der Waals surface area contributed by atoms with E-state index in [0.29, 0.717) is 0 Å². The van der Waals surface area contributed by atoms with Gasteiger partial charge in [0, 0.05) is 41.6 Å². The number of carbonyl (C=O) groups is 1. The van der Waals surface area contributed by atoms with Crippen molar-refractivity contribution in [3.63, 3.8) is 0 Å². The number of anilines is 1. The molecule has 22 heavy (non-hydrogen) atoms. The van der Waals surface area contributed by atoms with Crippen molar-refractivity contribution >= 4 is 22.4 Å². The van der Waals surface area contributed by atoms with Gasteiger partial charge in [-0.25, -0.2) is 0 Å². The fourth-order valence-corrected chi connectivity index (χ4v) is 2.62. The zero-order valence-corrected chi connectivity index (χ0v) is 12.9. The maximum absolute atomic E-state index is 11.9. The summed E-state index contributed by atoms with van der Waals surface area (Å²) in [5, 5.41) is 4.04. The van der Waals surface area contributed by atoms with Crippen molar-refractivity contribution in [2.75, 3.05) is 19.5 Å². The summed E-state index contributed by atoms with van der Waals surface area (Å²) in [5.74, 6) is 0.828. The maximum Gasteiger partial charge on any atom is 0.161 e. The van der Waals surface area contributed by atoms with Crippen LogP contribution in [0, 0.1) is 0 Å². The van der Waals surface area contributed by atoms with Crippen molar-refractivity contribution in [1.82, 2.24) is 4.57 Å². The van der Waals surface area contributed by atoms with Crippen molar-refractivity contribution < 1.29 is 9.53 Å². The molecule has 3 aromatic rings. The van der Waals surface area contributed by atoms with E-state index in [9.17, 15) is 4.79 Å². The Morgan fingerprint density at radius 2 is 1.86 bits per heavy atom. The molecule has 1 N–H and O–H groups in total. The highest BCUT2D eigenvalue weighted by Crippen LogP contribution is 2.29. The molecule has 0 atom stereocenters. The van der Waals surface area contributed by atoms with Gasteiger partial charge in [0.05, 0.1) is 12.6 Å². The van der Waals surface area contributed by atoms with Crippen LogP contribution in [0.2, 0.25) is 0 Å². The smallest absolute Gasteiger partial charge is 0.161 e. The molecule has 2 aromatic carbocycles. The van der Waals surface area contributed by atoms with Gasteiger partial charge in [0.15, 0.2) is 5.78 Å². The number of methoxy groups -OCH3 is 1. The van der Waals surface area contributed by atoms with Crippen LogP contribution < -0.4 is 10.1 Å². The second-order valence-electron chi connectivity index (χ2n) is 5.15. The number of rotatable bonds is 4. The third kappa shape index (κ3) is 2.33. The van der Waals surface area contributed by atoms with Crippen molar-refractivity contribution in [1.29, 1.82) is 0 Å². The van der Waals surface area contributed by atoms with Crippen LogP contribution in [0.5, 0.6) is 5.75 Å². The first-order valence-corrected chi connectivity index (χ1v) is 7.12. The Balaban J connectivity index is 2.24. The second kappa shape index (κ2) is 5.56. The Morgan fingerprint density at radius 1 is 1.14 bits per heavy atom. The van der Waals surface area contributed by atoms with E-state index in [1.807, 2.05) is 60.3 Å². The highest BCUT2D eigenvalue weighted by molar-refractivity contribution is 6.07.